The Hall–Kier alpha value is -1.89. The first-order valence-corrected chi connectivity index (χ1v) is 9.54. The molecule has 2 amide bonds. The molecule has 0 saturated carbocycles. The number of piperazine rings is 1. The van der Waals surface area contributed by atoms with Crippen LogP contribution in [0.1, 0.15) is 20.7 Å². The topological polar surface area (TPSA) is 52.7 Å². The highest BCUT2D eigenvalue weighted by Gasteiger charge is 2.23. The lowest BCUT2D eigenvalue weighted by Crippen LogP contribution is -2.50. The Morgan fingerprint density at radius 2 is 1.88 bits per heavy atom. The lowest BCUT2D eigenvalue weighted by atomic mass is 10.2. The van der Waals surface area contributed by atoms with Crippen molar-refractivity contribution in [3.8, 4) is 0 Å². The number of nitrogens with one attached hydrogen (secondary N) is 1. The molecule has 0 aliphatic carbocycles. The van der Waals surface area contributed by atoms with Gasteiger partial charge in [0, 0.05) is 50.2 Å². The van der Waals surface area contributed by atoms with Crippen LogP contribution in [0.3, 0.4) is 0 Å². The normalized spacial score (nSPS) is 15.2. The summed E-state index contributed by atoms with van der Waals surface area (Å²) >= 11 is 7.62. The van der Waals surface area contributed by atoms with Crippen molar-refractivity contribution >= 4 is 34.8 Å². The predicted molar refractivity (Wildman–Crippen MR) is 100 cm³/mol. The molecule has 2 heterocycles. The molecule has 1 saturated heterocycles. The van der Waals surface area contributed by atoms with E-state index in [4.69, 9.17) is 11.6 Å². The molecule has 1 aromatic heterocycles. The lowest BCUT2D eigenvalue weighted by Gasteiger charge is -2.34. The van der Waals surface area contributed by atoms with Crippen molar-refractivity contribution in [3.63, 3.8) is 0 Å². The first-order valence-electron chi connectivity index (χ1n) is 8.21. The Morgan fingerprint density at radius 3 is 2.56 bits per heavy atom. The third kappa shape index (κ3) is 4.60. The molecule has 1 aliphatic rings. The minimum Gasteiger partial charge on any atom is -0.351 e. The van der Waals surface area contributed by atoms with E-state index in [9.17, 15) is 9.59 Å². The van der Waals surface area contributed by atoms with Crippen molar-refractivity contribution in [2.24, 2.45) is 0 Å². The Labute approximate surface area is 156 Å². The van der Waals surface area contributed by atoms with Crippen molar-refractivity contribution in [2.75, 3.05) is 39.3 Å². The van der Waals surface area contributed by atoms with E-state index in [0.717, 1.165) is 19.6 Å². The minimum atomic E-state index is -0.0335. The largest absolute Gasteiger partial charge is 0.351 e. The van der Waals surface area contributed by atoms with E-state index in [2.05, 4.69) is 10.2 Å². The number of thiophene rings is 1. The number of rotatable bonds is 5. The van der Waals surface area contributed by atoms with Gasteiger partial charge in [0.05, 0.1) is 10.6 Å². The van der Waals surface area contributed by atoms with Gasteiger partial charge in [-0.2, -0.15) is 11.3 Å². The van der Waals surface area contributed by atoms with Gasteiger partial charge in [0.25, 0.3) is 11.8 Å². The number of benzene rings is 1. The molecule has 0 bridgehead atoms. The third-order valence-corrected chi connectivity index (χ3v) is 5.27. The third-order valence-electron chi connectivity index (χ3n) is 4.26. The maximum Gasteiger partial charge on any atom is 0.255 e. The molecule has 7 heteroatoms. The molecular weight excluding hydrogens is 358 g/mol. The minimum absolute atomic E-state index is 0.0176. The van der Waals surface area contributed by atoms with Gasteiger partial charge in [-0.05, 0) is 23.6 Å². The Balaban J connectivity index is 1.42. The van der Waals surface area contributed by atoms with Gasteiger partial charge in [0.1, 0.15) is 0 Å². The van der Waals surface area contributed by atoms with Crippen LogP contribution in [0.2, 0.25) is 5.02 Å². The van der Waals surface area contributed by atoms with Crippen LogP contribution in [0.4, 0.5) is 0 Å². The maximum atomic E-state index is 12.5. The van der Waals surface area contributed by atoms with E-state index < -0.39 is 0 Å². The summed E-state index contributed by atoms with van der Waals surface area (Å²) in [6.45, 7) is 4.32. The summed E-state index contributed by atoms with van der Waals surface area (Å²) in [7, 11) is 0. The van der Waals surface area contributed by atoms with Gasteiger partial charge in [-0.15, -0.1) is 0 Å². The van der Waals surface area contributed by atoms with Crippen molar-refractivity contribution in [1.29, 1.82) is 0 Å². The first kappa shape index (κ1) is 17.9. The highest BCUT2D eigenvalue weighted by atomic mass is 35.5. The first-order chi connectivity index (χ1) is 12.1. The zero-order valence-corrected chi connectivity index (χ0v) is 15.4. The molecule has 1 fully saturated rings. The second-order valence-electron chi connectivity index (χ2n) is 5.88. The number of hydrogen-bond donors (Lipinski definition) is 1. The number of amides is 2. The van der Waals surface area contributed by atoms with Crippen LogP contribution in [0.5, 0.6) is 0 Å². The van der Waals surface area contributed by atoms with Gasteiger partial charge in [-0.25, -0.2) is 0 Å². The molecular formula is C18H20ClN3O2S. The predicted octanol–water partition coefficient (Wildman–Crippen LogP) is 2.59. The Bertz CT molecular complexity index is 728. The van der Waals surface area contributed by atoms with Crippen LogP contribution in [0.25, 0.3) is 0 Å². The number of nitrogens with zero attached hydrogens (tertiary/aromatic N) is 2. The van der Waals surface area contributed by atoms with Gasteiger partial charge in [-0.3, -0.25) is 14.5 Å². The van der Waals surface area contributed by atoms with E-state index >= 15 is 0 Å². The highest BCUT2D eigenvalue weighted by Crippen LogP contribution is 2.18. The molecule has 0 atom stereocenters. The lowest BCUT2D eigenvalue weighted by molar-refractivity contribution is 0.0638. The Kier molecular flexibility index (Phi) is 6.07. The zero-order valence-electron chi connectivity index (χ0n) is 13.8. The molecule has 1 N–H and O–H groups in total. The fourth-order valence-electron chi connectivity index (χ4n) is 2.80. The van der Waals surface area contributed by atoms with E-state index in [1.54, 1.807) is 12.1 Å². The van der Waals surface area contributed by atoms with Gasteiger partial charge in [0.2, 0.25) is 0 Å². The van der Waals surface area contributed by atoms with Crippen LogP contribution in [0.15, 0.2) is 41.1 Å². The smallest absolute Gasteiger partial charge is 0.255 e. The highest BCUT2D eigenvalue weighted by molar-refractivity contribution is 7.08. The molecule has 1 aliphatic heterocycles. The summed E-state index contributed by atoms with van der Waals surface area (Å²) in [6.07, 6.45) is 0. The van der Waals surface area contributed by atoms with E-state index in [1.165, 1.54) is 11.3 Å². The van der Waals surface area contributed by atoms with Crippen molar-refractivity contribution < 1.29 is 9.59 Å². The number of hydrogen-bond acceptors (Lipinski definition) is 4. The molecule has 25 heavy (non-hydrogen) atoms. The molecule has 0 unspecified atom stereocenters. The van der Waals surface area contributed by atoms with E-state index in [1.807, 2.05) is 33.9 Å². The summed E-state index contributed by atoms with van der Waals surface area (Å²) in [5.74, 6) is -0.0511. The molecule has 5 nitrogen and oxygen atoms in total. The summed E-state index contributed by atoms with van der Waals surface area (Å²) in [4.78, 5) is 28.5. The second-order valence-corrected chi connectivity index (χ2v) is 7.07. The molecule has 2 aromatic rings. The van der Waals surface area contributed by atoms with Gasteiger partial charge < -0.3 is 10.2 Å². The summed E-state index contributed by atoms with van der Waals surface area (Å²) in [5.41, 5.74) is 1.26. The molecule has 1 aromatic carbocycles. The van der Waals surface area contributed by atoms with Gasteiger partial charge >= 0.3 is 0 Å². The number of carbonyl (C=O) groups excluding carboxylic acids is 2. The fraction of sp³-hybridized carbons (Fsp3) is 0.333. The van der Waals surface area contributed by atoms with Crippen LogP contribution < -0.4 is 5.32 Å². The van der Waals surface area contributed by atoms with Crippen LogP contribution in [0, 0.1) is 0 Å². The summed E-state index contributed by atoms with van der Waals surface area (Å²) in [5, 5.41) is 7.15. The molecule has 132 valence electrons. The van der Waals surface area contributed by atoms with Gasteiger partial charge in [0.15, 0.2) is 0 Å². The van der Waals surface area contributed by atoms with Crippen molar-refractivity contribution in [2.45, 2.75) is 0 Å². The van der Waals surface area contributed by atoms with Crippen LogP contribution in [-0.4, -0.2) is 60.9 Å². The maximum absolute atomic E-state index is 12.5. The molecule has 0 spiro atoms. The average molecular weight is 378 g/mol. The Morgan fingerprint density at radius 1 is 1.12 bits per heavy atom. The fourth-order valence-corrected chi connectivity index (χ4v) is 3.66. The van der Waals surface area contributed by atoms with Crippen LogP contribution in [-0.2, 0) is 0 Å². The quantitative estimate of drug-likeness (QED) is 0.871. The van der Waals surface area contributed by atoms with Crippen molar-refractivity contribution in [1.82, 2.24) is 15.1 Å². The van der Waals surface area contributed by atoms with Crippen LogP contribution >= 0.6 is 22.9 Å². The molecule has 3 rings (SSSR count). The van der Waals surface area contributed by atoms with E-state index in [0.29, 0.717) is 35.8 Å². The average Bonchev–Trinajstić information content (AvgIpc) is 3.17. The molecule has 0 radical (unpaired) electrons. The number of carbonyl (C=O) groups is 2. The second kappa shape index (κ2) is 8.47. The zero-order chi connectivity index (χ0) is 17.6. The SMILES string of the molecule is O=C(NCCN1CCN(C(=O)c2ccccc2Cl)CC1)c1ccsc1. The van der Waals surface area contributed by atoms with E-state index in [-0.39, 0.29) is 11.8 Å². The summed E-state index contributed by atoms with van der Waals surface area (Å²) in [6, 6.07) is 8.96. The summed E-state index contributed by atoms with van der Waals surface area (Å²) < 4.78 is 0. The standard InChI is InChI=1S/C18H20ClN3O2S/c19-16-4-2-1-3-15(16)18(24)22-10-8-21(9-11-22)7-6-20-17(23)14-5-12-25-13-14/h1-5,12-13H,6-11H2,(H,20,23). The van der Waals surface area contributed by atoms with Gasteiger partial charge in [-0.1, -0.05) is 23.7 Å². The van der Waals surface area contributed by atoms with Crippen molar-refractivity contribution in [3.05, 3.63) is 57.2 Å². The number of halogens is 1. The monoisotopic (exact) mass is 377 g/mol.